The van der Waals surface area contributed by atoms with Crippen LogP contribution in [0.5, 0.6) is 0 Å². The summed E-state index contributed by atoms with van der Waals surface area (Å²) >= 11 is 1.72. The first kappa shape index (κ1) is 15.7. The first-order valence-electron chi connectivity index (χ1n) is 7.04. The number of hydrogen-bond acceptors (Lipinski definition) is 3. The molecule has 0 aliphatic rings. The molecule has 2 nitrogen and oxygen atoms in total. The lowest BCUT2D eigenvalue weighted by atomic mass is 9.81. The van der Waals surface area contributed by atoms with E-state index in [1.165, 1.54) is 4.88 Å². The quantitative estimate of drug-likeness (QED) is 0.809. The summed E-state index contributed by atoms with van der Waals surface area (Å²) in [5.74, 6) is 0. The van der Waals surface area contributed by atoms with Crippen LogP contribution in [-0.2, 0) is 0 Å². The van der Waals surface area contributed by atoms with Gasteiger partial charge in [-0.2, -0.15) is 0 Å². The van der Waals surface area contributed by atoms with Gasteiger partial charge in [-0.15, -0.1) is 11.3 Å². The number of aliphatic hydroxyl groups is 1. The van der Waals surface area contributed by atoms with E-state index in [-0.39, 0.29) is 5.54 Å². The van der Waals surface area contributed by atoms with Crippen molar-refractivity contribution in [1.82, 2.24) is 4.90 Å². The van der Waals surface area contributed by atoms with Crippen LogP contribution in [0.25, 0.3) is 0 Å². The van der Waals surface area contributed by atoms with Gasteiger partial charge in [-0.1, -0.05) is 27.7 Å². The van der Waals surface area contributed by atoms with Gasteiger partial charge in [0, 0.05) is 4.88 Å². The molecule has 0 aromatic carbocycles. The largest absolute Gasteiger partial charge is 0.386 e. The first-order chi connectivity index (χ1) is 8.57. The van der Waals surface area contributed by atoms with Crippen molar-refractivity contribution in [2.75, 3.05) is 13.1 Å². The van der Waals surface area contributed by atoms with Gasteiger partial charge >= 0.3 is 0 Å². The highest BCUT2D eigenvalue weighted by Gasteiger charge is 2.40. The van der Waals surface area contributed by atoms with E-state index in [2.05, 4.69) is 51.0 Å². The zero-order valence-corrected chi connectivity index (χ0v) is 13.2. The van der Waals surface area contributed by atoms with Crippen molar-refractivity contribution < 1.29 is 5.11 Å². The van der Waals surface area contributed by atoms with E-state index in [0.29, 0.717) is 0 Å². The van der Waals surface area contributed by atoms with Crippen LogP contribution >= 0.6 is 11.3 Å². The van der Waals surface area contributed by atoms with Crippen LogP contribution in [0.3, 0.4) is 0 Å². The van der Waals surface area contributed by atoms with Gasteiger partial charge in [-0.25, -0.2) is 0 Å². The smallest absolute Gasteiger partial charge is 0.0983 e. The molecular weight excluding hydrogens is 242 g/mol. The molecule has 0 saturated carbocycles. The maximum absolute atomic E-state index is 10.9. The molecule has 1 aromatic rings. The molecular formula is C15H27NOS. The molecule has 1 N–H and O–H groups in total. The topological polar surface area (TPSA) is 23.5 Å². The van der Waals surface area contributed by atoms with E-state index >= 15 is 0 Å². The number of hydrogen-bond donors (Lipinski definition) is 1. The molecule has 18 heavy (non-hydrogen) atoms. The summed E-state index contributed by atoms with van der Waals surface area (Å²) < 4.78 is 0. The Morgan fingerprint density at radius 1 is 1.22 bits per heavy atom. The number of aryl methyl sites for hydroxylation is 1. The standard InChI is InChI=1S/C15H27NOS/c1-6-15(7-2,16(8-3)9-4)14(17)13-10-11-18-12(13)5/h10-11,14,17H,6-9H2,1-5H3. The van der Waals surface area contributed by atoms with Crippen LogP contribution in [-0.4, -0.2) is 28.6 Å². The fourth-order valence-electron chi connectivity index (χ4n) is 3.08. The summed E-state index contributed by atoms with van der Waals surface area (Å²) in [7, 11) is 0. The molecule has 0 amide bonds. The lowest BCUT2D eigenvalue weighted by molar-refractivity contribution is -0.0366. The van der Waals surface area contributed by atoms with Gasteiger partial charge in [-0.05, 0) is 49.9 Å². The second-order valence-electron chi connectivity index (χ2n) is 4.82. The average molecular weight is 269 g/mol. The van der Waals surface area contributed by atoms with Crippen molar-refractivity contribution in [3.8, 4) is 0 Å². The Bertz CT molecular complexity index is 353. The highest BCUT2D eigenvalue weighted by molar-refractivity contribution is 7.10. The van der Waals surface area contributed by atoms with Crippen LogP contribution in [0.4, 0.5) is 0 Å². The predicted molar refractivity (Wildman–Crippen MR) is 80.2 cm³/mol. The van der Waals surface area contributed by atoms with E-state index in [0.717, 1.165) is 31.5 Å². The number of aliphatic hydroxyl groups excluding tert-OH is 1. The lowest BCUT2D eigenvalue weighted by Crippen LogP contribution is -2.52. The van der Waals surface area contributed by atoms with Gasteiger partial charge in [0.05, 0.1) is 11.6 Å². The van der Waals surface area contributed by atoms with E-state index < -0.39 is 6.10 Å². The number of rotatable bonds is 7. The Morgan fingerprint density at radius 2 is 1.78 bits per heavy atom. The SMILES string of the molecule is CCN(CC)C(CC)(CC)C(O)c1ccsc1C. The normalized spacial score (nSPS) is 14.2. The van der Waals surface area contributed by atoms with Gasteiger partial charge in [0.1, 0.15) is 0 Å². The molecule has 0 saturated heterocycles. The summed E-state index contributed by atoms with van der Waals surface area (Å²) in [6, 6.07) is 2.08. The van der Waals surface area contributed by atoms with Crippen molar-refractivity contribution in [3.63, 3.8) is 0 Å². The van der Waals surface area contributed by atoms with Gasteiger partial charge in [0.15, 0.2) is 0 Å². The Kier molecular flexibility index (Phi) is 5.83. The molecule has 0 fully saturated rings. The van der Waals surface area contributed by atoms with E-state index in [4.69, 9.17) is 0 Å². The zero-order chi connectivity index (χ0) is 13.8. The highest BCUT2D eigenvalue weighted by atomic mass is 32.1. The summed E-state index contributed by atoms with van der Waals surface area (Å²) in [5, 5.41) is 13.0. The third kappa shape index (κ3) is 2.63. The summed E-state index contributed by atoms with van der Waals surface area (Å²) in [6.45, 7) is 12.8. The molecule has 3 heteroatoms. The molecule has 0 aliphatic carbocycles. The molecule has 1 unspecified atom stereocenters. The second-order valence-corrected chi connectivity index (χ2v) is 5.94. The van der Waals surface area contributed by atoms with Gasteiger partial charge in [-0.3, -0.25) is 4.90 Å². The molecule has 1 atom stereocenters. The van der Waals surface area contributed by atoms with E-state index in [1.807, 2.05) is 0 Å². The minimum atomic E-state index is -0.390. The van der Waals surface area contributed by atoms with Gasteiger partial charge in [0.25, 0.3) is 0 Å². The fourth-order valence-corrected chi connectivity index (χ4v) is 3.81. The minimum Gasteiger partial charge on any atom is -0.386 e. The van der Waals surface area contributed by atoms with Crippen molar-refractivity contribution in [3.05, 3.63) is 21.9 Å². The molecule has 1 heterocycles. The van der Waals surface area contributed by atoms with Gasteiger partial charge in [0.2, 0.25) is 0 Å². The molecule has 104 valence electrons. The van der Waals surface area contributed by atoms with E-state index in [1.54, 1.807) is 11.3 Å². The van der Waals surface area contributed by atoms with Crippen LogP contribution < -0.4 is 0 Å². The fraction of sp³-hybridized carbons (Fsp3) is 0.733. The van der Waals surface area contributed by atoms with Crippen LogP contribution in [0.15, 0.2) is 11.4 Å². The lowest BCUT2D eigenvalue weighted by Gasteiger charge is -2.46. The molecule has 1 aromatic heterocycles. The Hall–Kier alpha value is -0.380. The molecule has 0 radical (unpaired) electrons. The molecule has 0 bridgehead atoms. The highest BCUT2D eigenvalue weighted by Crippen LogP contribution is 2.39. The number of likely N-dealkylation sites (N-methyl/N-ethyl adjacent to an activating group) is 1. The Balaban J connectivity index is 3.15. The average Bonchev–Trinajstić information content (AvgIpc) is 2.81. The summed E-state index contributed by atoms with van der Waals surface area (Å²) in [6.07, 6.45) is 1.56. The summed E-state index contributed by atoms with van der Waals surface area (Å²) in [4.78, 5) is 3.65. The third-order valence-corrected chi connectivity index (χ3v) is 5.18. The molecule has 0 spiro atoms. The predicted octanol–water partition coefficient (Wildman–Crippen LogP) is 3.99. The van der Waals surface area contributed by atoms with Crippen molar-refractivity contribution >= 4 is 11.3 Å². The van der Waals surface area contributed by atoms with E-state index in [9.17, 15) is 5.11 Å². The van der Waals surface area contributed by atoms with Crippen molar-refractivity contribution in [2.45, 2.75) is 59.1 Å². The Labute approximate surface area is 116 Å². The number of nitrogens with zero attached hydrogens (tertiary/aromatic N) is 1. The monoisotopic (exact) mass is 269 g/mol. The Morgan fingerprint density at radius 3 is 2.11 bits per heavy atom. The maximum atomic E-state index is 10.9. The number of thiophene rings is 1. The van der Waals surface area contributed by atoms with Crippen molar-refractivity contribution in [1.29, 1.82) is 0 Å². The van der Waals surface area contributed by atoms with Crippen molar-refractivity contribution in [2.24, 2.45) is 0 Å². The zero-order valence-electron chi connectivity index (χ0n) is 12.4. The second kappa shape index (κ2) is 6.69. The van der Waals surface area contributed by atoms with Crippen LogP contribution in [0.2, 0.25) is 0 Å². The van der Waals surface area contributed by atoms with Crippen LogP contribution in [0.1, 0.15) is 57.1 Å². The molecule has 1 rings (SSSR count). The third-order valence-electron chi connectivity index (χ3n) is 4.32. The van der Waals surface area contributed by atoms with Gasteiger partial charge < -0.3 is 5.11 Å². The summed E-state index contributed by atoms with van der Waals surface area (Å²) in [5.41, 5.74) is 0.977. The minimum absolute atomic E-state index is 0.130. The maximum Gasteiger partial charge on any atom is 0.0983 e. The first-order valence-corrected chi connectivity index (χ1v) is 7.92. The molecule has 0 aliphatic heterocycles. The van der Waals surface area contributed by atoms with Crippen LogP contribution in [0, 0.1) is 6.92 Å².